The Balaban J connectivity index is 1.73. The fourth-order valence-electron chi connectivity index (χ4n) is 1.99. The normalized spacial score (nSPS) is 10.3. The molecule has 0 amide bonds. The lowest BCUT2D eigenvalue weighted by Gasteiger charge is -2.07. The summed E-state index contributed by atoms with van der Waals surface area (Å²) in [4.78, 5) is 19.6. The largest absolute Gasteiger partial charge is 0.360 e. The first-order valence-electron chi connectivity index (χ1n) is 7.00. The highest BCUT2D eigenvalue weighted by Crippen LogP contribution is 2.19. The predicted molar refractivity (Wildman–Crippen MR) is 86.3 cm³/mol. The molecule has 2 heterocycles. The zero-order valence-electron chi connectivity index (χ0n) is 12.7. The van der Waals surface area contributed by atoms with Crippen molar-refractivity contribution in [2.24, 2.45) is 0 Å². The third-order valence-corrected chi connectivity index (χ3v) is 3.12. The molecule has 23 heavy (non-hydrogen) atoms. The average molecular weight is 309 g/mol. The van der Waals surface area contributed by atoms with Crippen LogP contribution in [0.5, 0.6) is 0 Å². The summed E-state index contributed by atoms with van der Waals surface area (Å²) in [7, 11) is 0. The van der Waals surface area contributed by atoms with Gasteiger partial charge >= 0.3 is 0 Å². The molecule has 2 N–H and O–H groups in total. The molecule has 0 radical (unpaired) electrons. The summed E-state index contributed by atoms with van der Waals surface area (Å²) < 4.78 is 4.99. The highest BCUT2D eigenvalue weighted by molar-refractivity contribution is 5.94. The second-order valence-electron chi connectivity index (χ2n) is 4.99. The van der Waals surface area contributed by atoms with Crippen LogP contribution in [0.25, 0.3) is 0 Å². The maximum Gasteiger partial charge on any atom is 0.175 e. The first kappa shape index (κ1) is 14.7. The fourth-order valence-corrected chi connectivity index (χ4v) is 1.99. The molecule has 0 saturated heterocycles. The van der Waals surface area contributed by atoms with E-state index in [1.807, 2.05) is 19.1 Å². The molecule has 0 fully saturated rings. The molecular weight excluding hydrogens is 294 g/mol. The Morgan fingerprint density at radius 1 is 1.00 bits per heavy atom. The summed E-state index contributed by atoms with van der Waals surface area (Å²) in [5, 5.41) is 10.0. The molecule has 0 aliphatic rings. The van der Waals surface area contributed by atoms with Crippen molar-refractivity contribution in [3.05, 3.63) is 54.0 Å². The summed E-state index contributed by atoms with van der Waals surface area (Å²) in [5.41, 5.74) is 1.50. The van der Waals surface area contributed by atoms with Crippen LogP contribution in [0.2, 0.25) is 0 Å². The third kappa shape index (κ3) is 3.70. The van der Waals surface area contributed by atoms with Crippen LogP contribution in [0, 0.1) is 6.92 Å². The van der Waals surface area contributed by atoms with Crippen LogP contribution in [0.1, 0.15) is 23.0 Å². The lowest BCUT2D eigenvalue weighted by Crippen LogP contribution is -1.99. The van der Waals surface area contributed by atoms with E-state index in [9.17, 15) is 4.79 Å². The molecule has 7 nitrogen and oxygen atoms in total. The van der Waals surface area contributed by atoms with Crippen molar-refractivity contribution < 1.29 is 9.32 Å². The standard InChI is InChI=1S/C16H15N5O2/c1-10-7-16(21-23-10)20-15-8-14(17-9-18-15)19-13-5-3-12(4-6-13)11(2)22/h3-9H,1-2H3,(H2,17,18,19,20,21). The molecule has 116 valence electrons. The minimum Gasteiger partial charge on any atom is -0.360 e. The van der Waals surface area contributed by atoms with Crippen molar-refractivity contribution in [3.8, 4) is 0 Å². The third-order valence-electron chi connectivity index (χ3n) is 3.12. The van der Waals surface area contributed by atoms with Gasteiger partial charge in [-0.05, 0) is 38.1 Å². The number of aryl methyl sites for hydroxylation is 1. The monoisotopic (exact) mass is 309 g/mol. The zero-order chi connectivity index (χ0) is 16.2. The Hall–Kier alpha value is -3.22. The maximum absolute atomic E-state index is 11.3. The van der Waals surface area contributed by atoms with Gasteiger partial charge in [0.15, 0.2) is 11.6 Å². The van der Waals surface area contributed by atoms with E-state index in [0.717, 1.165) is 5.69 Å². The first-order chi connectivity index (χ1) is 11.1. The van der Waals surface area contributed by atoms with E-state index in [0.29, 0.717) is 28.8 Å². The number of carbonyl (C=O) groups is 1. The minimum atomic E-state index is 0.0352. The molecule has 3 aromatic rings. The number of anilines is 4. The molecule has 3 rings (SSSR count). The second kappa shape index (κ2) is 6.27. The second-order valence-corrected chi connectivity index (χ2v) is 4.99. The van der Waals surface area contributed by atoms with Gasteiger partial charge in [0, 0.05) is 23.4 Å². The Morgan fingerprint density at radius 2 is 1.70 bits per heavy atom. The number of rotatable bonds is 5. The Bertz CT molecular complexity index is 826. The maximum atomic E-state index is 11.3. The lowest BCUT2D eigenvalue weighted by molar-refractivity contribution is 0.101. The predicted octanol–water partition coefficient (Wildman–Crippen LogP) is 3.46. The summed E-state index contributed by atoms with van der Waals surface area (Å²) in [6, 6.07) is 10.7. The lowest BCUT2D eigenvalue weighted by atomic mass is 10.1. The zero-order valence-corrected chi connectivity index (χ0v) is 12.7. The van der Waals surface area contributed by atoms with Crippen molar-refractivity contribution >= 4 is 28.9 Å². The highest BCUT2D eigenvalue weighted by Gasteiger charge is 2.04. The quantitative estimate of drug-likeness (QED) is 0.697. The summed E-state index contributed by atoms with van der Waals surface area (Å²) in [6.07, 6.45) is 1.45. The molecular formula is C16H15N5O2. The van der Waals surface area contributed by atoms with Crippen molar-refractivity contribution in [3.63, 3.8) is 0 Å². The molecule has 0 aliphatic carbocycles. The van der Waals surface area contributed by atoms with E-state index in [-0.39, 0.29) is 5.78 Å². The average Bonchev–Trinajstić information content (AvgIpc) is 2.93. The van der Waals surface area contributed by atoms with Gasteiger partial charge in [0.1, 0.15) is 23.7 Å². The summed E-state index contributed by atoms with van der Waals surface area (Å²) in [5.74, 6) is 2.55. The van der Waals surface area contributed by atoms with E-state index in [1.165, 1.54) is 13.3 Å². The summed E-state index contributed by atoms with van der Waals surface area (Å²) >= 11 is 0. The number of nitrogens with zero attached hydrogens (tertiary/aromatic N) is 3. The molecule has 0 unspecified atom stereocenters. The van der Waals surface area contributed by atoms with Crippen LogP contribution in [-0.4, -0.2) is 20.9 Å². The number of hydrogen-bond donors (Lipinski definition) is 2. The smallest absolute Gasteiger partial charge is 0.175 e. The Kier molecular flexibility index (Phi) is 4.01. The number of carbonyl (C=O) groups excluding carboxylic acids is 1. The topological polar surface area (TPSA) is 92.9 Å². The van der Waals surface area contributed by atoms with E-state index < -0.39 is 0 Å². The number of Topliss-reactive ketones (excluding diaryl/α,β-unsaturated/α-hetero) is 1. The van der Waals surface area contributed by atoms with Gasteiger partial charge in [-0.25, -0.2) is 9.97 Å². The molecule has 7 heteroatoms. The molecule has 0 atom stereocenters. The Labute approximate surface area is 132 Å². The highest BCUT2D eigenvalue weighted by atomic mass is 16.5. The van der Waals surface area contributed by atoms with Gasteiger partial charge in [-0.15, -0.1) is 0 Å². The molecule has 1 aromatic carbocycles. The van der Waals surface area contributed by atoms with Gasteiger partial charge in [-0.1, -0.05) is 5.16 Å². The number of aromatic nitrogens is 3. The number of nitrogens with one attached hydrogen (secondary N) is 2. The number of hydrogen-bond acceptors (Lipinski definition) is 7. The number of benzene rings is 1. The molecule has 0 saturated carbocycles. The van der Waals surface area contributed by atoms with Crippen LogP contribution >= 0.6 is 0 Å². The van der Waals surface area contributed by atoms with Crippen LogP contribution in [0.3, 0.4) is 0 Å². The van der Waals surface area contributed by atoms with E-state index in [2.05, 4.69) is 25.8 Å². The van der Waals surface area contributed by atoms with Crippen LogP contribution in [0.4, 0.5) is 23.1 Å². The molecule has 0 spiro atoms. The van der Waals surface area contributed by atoms with Gasteiger partial charge in [-0.3, -0.25) is 4.79 Å². The summed E-state index contributed by atoms with van der Waals surface area (Å²) in [6.45, 7) is 3.35. The van der Waals surface area contributed by atoms with E-state index in [1.54, 1.807) is 24.3 Å². The van der Waals surface area contributed by atoms with Gasteiger partial charge in [0.05, 0.1) is 0 Å². The van der Waals surface area contributed by atoms with Crippen molar-refractivity contribution in [1.82, 2.24) is 15.1 Å². The number of ketones is 1. The van der Waals surface area contributed by atoms with Gasteiger partial charge in [0.25, 0.3) is 0 Å². The van der Waals surface area contributed by atoms with Gasteiger partial charge in [0.2, 0.25) is 0 Å². The van der Waals surface area contributed by atoms with Crippen LogP contribution in [0.15, 0.2) is 47.2 Å². The van der Waals surface area contributed by atoms with E-state index >= 15 is 0 Å². The Morgan fingerprint density at radius 3 is 2.30 bits per heavy atom. The SMILES string of the molecule is CC(=O)c1ccc(Nc2cc(Nc3cc(C)on3)ncn2)cc1. The van der Waals surface area contributed by atoms with Crippen molar-refractivity contribution in [1.29, 1.82) is 0 Å². The van der Waals surface area contributed by atoms with Gasteiger partial charge in [-0.2, -0.15) is 0 Å². The van der Waals surface area contributed by atoms with Gasteiger partial charge < -0.3 is 15.2 Å². The molecule has 0 bridgehead atoms. The minimum absolute atomic E-state index is 0.0352. The molecule has 2 aromatic heterocycles. The fraction of sp³-hybridized carbons (Fsp3) is 0.125. The molecule has 0 aliphatic heterocycles. The van der Waals surface area contributed by atoms with Crippen LogP contribution in [-0.2, 0) is 0 Å². The first-order valence-corrected chi connectivity index (χ1v) is 7.00. The van der Waals surface area contributed by atoms with Crippen molar-refractivity contribution in [2.75, 3.05) is 10.6 Å². The van der Waals surface area contributed by atoms with Crippen LogP contribution < -0.4 is 10.6 Å². The van der Waals surface area contributed by atoms with E-state index in [4.69, 9.17) is 4.52 Å². The van der Waals surface area contributed by atoms with Crippen molar-refractivity contribution in [2.45, 2.75) is 13.8 Å².